The van der Waals surface area contributed by atoms with Gasteiger partial charge in [-0.25, -0.2) is 0 Å². The van der Waals surface area contributed by atoms with Crippen molar-refractivity contribution in [2.45, 2.75) is 51.2 Å². The van der Waals surface area contributed by atoms with E-state index >= 15 is 0 Å². The molecule has 2 heteroatoms. The van der Waals surface area contributed by atoms with Gasteiger partial charge in [-0.15, -0.1) is 0 Å². The maximum Gasteiger partial charge on any atom is 0.120 e. The normalized spacial score (nSPS) is 20.1. The third kappa shape index (κ3) is 2.89. The molecule has 1 aromatic carbocycles. The van der Waals surface area contributed by atoms with Crippen molar-refractivity contribution in [1.82, 2.24) is 4.57 Å². The Morgan fingerprint density at radius 1 is 1.14 bits per heavy atom. The van der Waals surface area contributed by atoms with E-state index in [0.29, 0.717) is 6.42 Å². The van der Waals surface area contributed by atoms with Crippen molar-refractivity contribution in [2.24, 2.45) is 0 Å². The van der Waals surface area contributed by atoms with Gasteiger partial charge in [0, 0.05) is 30.9 Å². The average Bonchev–Trinajstić information content (AvgIpc) is 3.02. The molecule has 1 aliphatic rings. The van der Waals surface area contributed by atoms with Crippen molar-refractivity contribution in [3.63, 3.8) is 0 Å². The van der Waals surface area contributed by atoms with Crippen LogP contribution in [0.4, 0.5) is 0 Å². The second-order valence-electron chi connectivity index (χ2n) is 6.25. The SMILES string of the molecule is CCCCCCn1ccc([C@@]2(O)CC=Cc3ccccc32)c1. The molecule has 3 rings (SSSR count). The van der Waals surface area contributed by atoms with Crippen LogP contribution in [0, 0.1) is 0 Å². The quantitative estimate of drug-likeness (QED) is 0.766. The molecule has 1 aliphatic carbocycles. The fraction of sp³-hybridized carbons (Fsp3) is 0.400. The van der Waals surface area contributed by atoms with E-state index in [2.05, 4.69) is 48.2 Å². The average molecular weight is 295 g/mol. The Balaban J connectivity index is 1.79. The van der Waals surface area contributed by atoms with E-state index in [0.717, 1.165) is 23.2 Å². The Labute approximate surface area is 133 Å². The van der Waals surface area contributed by atoms with Gasteiger partial charge < -0.3 is 9.67 Å². The van der Waals surface area contributed by atoms with Crippen molar-refractivity contribution < 1.29 is 5.11 Å². The zero-order valence-corrected chi connectivity index (χ0v) is 13.3. The van der Waals surface area contributed by atoms with Gasteiger partial charge >= 0.3 is 0 Å². The van der Waals surface area contributed by atoms with Crippen LogP contribution in [0.5, 0.6) is 0 Å². The summed E-state index contributed by atoms with van der Waals surface area (Å²) in [5.41, 5.74) is 2.24. The summed E-state index contributed by atoms with van der Waals surface area (Å²) >= 11 is 0. The van der Waals surface area contributed by atoms with Crippen LogP contribution in [0.25, 0.3) is 6.08 Å². The van der Waals surface area contributed by atoms with Crippen LogP contribution in [0.3, 0.4) is 0 Å². The van der Waals surface area contributed by atoms with Crippen LogP contribution in [0.1, 0.15) is 55.7 Å². The highest BCUT2D eigenvalue weighted by atomic mass is 16.3. The lowest BCUT2D eigenvalue weighted by Crippen LogP contribution is -2.28. The van der Waals surface area contributed by atoms with Gasteiger partial charge in [0.15, 0.2) is 0 Å². The predicted molar refractivity (Wildman–Crippen MR) is 91.7 cm³/mol. The highest BCUT2D eigenvalue weighted by Crippen LogP contribution is 2.39. The second kappa shape index (κ2) is 6.53. The van der Waals surface area contributed by atoms with E-state index in [-0.39, 0.29) is 0 Å². The van der Waals surface area contributed by atoms with Crippen molar-refractivity contribution in [3.05, 3.63) is 65.5 Å². The molecule has 0 fully saturated rings. The zero-order valence-electron chi connectivity index (χ0n) is 13.3. The molecule has 0 unspecified atom stereocenters. The highest BCUT2D eigenvalue weighted by molar-refractivity contribution is 5.60. The van der Waals surface area contributed by atoms with E-state index in [4.69, 9.17) is 0 Å². The van der Waals surface area contributed by atoms with E-state index in [1.807, 2.05) is 18.2 Å². The number of aromatic nitrogens is 1. The number of fused-ring (bicyclic) bond motifs is 1. The lowest BCUT2D eigenvalue weighted by Gasteiger charge is -2.31. The number of nitrogens with zero attached hydrogens (tertiary/aromatic N) is 1. The number of unbranched alkanes of at least 4 members (excludes halogenated alkanes) is 3. The molecule has 2 aromatic rings. The molecule has 0 bridgehead atoms. The van der Waals surface area contributed by atoms with Crippen LogP contribution >= 0.6 is 0 Å². The molecule has 0 aliphatic heterocycles. The topological polar surface area (TPSA) is 25.2 Å². The van der Waals surface area contributed by atoms with Crippen molar-refractivity contribution in [3.8, 4) is 0 Å². The predicted octanol–water partition coefficient (Wildman–Crippen LogP) is 4.72. The fourth-order valence-corrected chi connectivity index (χ4v) is 3.30. The molecule has 2 nitrogen and oxygen atoms in total. The number of aliphatic hydroxyl groups is 1. The van der Waals surface area contributed by atoms with E-state index in [9.17, 15) is 5.11 Å². The van der Waals surface area contributed by atoms with Gasteiger partial charge in [-0.2, -0.15) is 0 Å². The summed E-state index contributed by atoms with van der Waals surface area (Å²) in [6, 6.07) is 10.2. The highest BCUT2D eigenvalue weighted by Gasteiger charge is 2.34. The third-order valence-electron chi connectivity index (χ3n) is 4.61. The molecule has 0 saturated heterocycles. The third-order valence-corrected chi connectivity index (χ3v) is 4.61. The maximum atomic E-state index is 11.3. The number of benzene rings is 1. The Bertz CT molecular complexity index is 655. The van der Waals surface area contributed by atoms with E-state index < -0.39 is 5.60 Å². The first-order valence-corrected chi connectivity index (χ1v) is 8.39. The van der Waals surface area contributed by atoms with Crippen LogP contribution < -0.4 is 0 Å². The standard InChI is InChI=1S/C20H25NO/c1-2-3-4-7-14-21-15-12-18(16-21)20(22)13-8-10-17-9-5-6-11-19(17)20/h5-6,8-12,15-16,22H,2-4,7,13-14H2,1H3/t20-/m0/s1. The Morgan fingerprint density at radius 3 is 2.86 bits per heavy atom. The van der Waals surface area contributed by atoms with Gasteiger partial charge in [-0.1, -0.05) is 62.6 Å². The van der Waals surface area contributed by atoms with Crippen molar-refractivity contribution in [2.75, 3.05) is 0 Å². The minimum Gasteiger partial charge on any atom is -0.380 e. The van der Waals surface area contributed by atoms with Gasteiger partial charge in [-0.3, -0.25) is 0 Å². The molecule has 116 valence electrons. The van der Waals surface area contributed by atoms with Gasteiger partial charge in [-0.05, 0) is 23.6 Å². The first-order valence-electron chi connectivity index (χ1n) is 8.39. The van der Waals surface area contributed by atoms with Gasteiger partial charge in [0.2, 0.25) is 0 Å². The molecule has 0 saturated carbocycles. The molecule has 0 radical (unpaired) electrons. The van der Waals surface area contributed by atoms with Gasteiger partial charge in [0.05, 0.1) is 0 Å². The Hall–Kier alpha value is -1.80. The van der Waals surface area contributed by atoms with Crippen molar-refractivity contribution in [1.29, 1.82) is 0 Å². The molecule has 1 aromatic heterocycles. The van der Waals surface area contributed by atoms with Gasteiger partial charge in [0.25, 0.3) is 0 Å². The molecular weight excluding hydrogens is 270 g/mol. The Kier molecular flexibility index (Phi) is 4.49. The first kappa shape index (κ1) is 15.1. The summed E-state index contributed by atoms with van der Waals surface area (Å²) in [6.45, 7) is 3.27. The van der Waals surface area contributed by atoms with Crippen LogP contribution in [-0.2, 0) is 12.1 Å². The molecule has 1 atom stereocenters. The second-order valence-corrected chi connectivity index (χ2v) is 6.25. The minimum absolute atomic E-state index is 0.643. The van der Waals surface area contributed by atoms with E-state index in [1.54, 1.807) is 0 Å². The first-order chi connectivity index (χ1) is 10.7. The lowest BCUT2D eigenvalue weighted by molar-refractivity contribution is 0.0827. The fourth-order valence-electron chi connectivity index (χ4n) is 3.30. The summed E-state index contributed by atoms with van der Waals surface area (Å²) < 4.78 is 2.21. The number of hydrogen-bond donors (Lipinski definition) is 1. The van der Waals surface area contributed by atoms with Crippen molar-refractivity contribution >= 4 is 6.08 Å². The molecule has 1 N–H and O–H groups in total. The van der Waals surface area contributed by atoms with E-state index in [1.165, 1.54) is 25.7 Å². The molecule has 0 amide bonds. The smallest absolute Gasteiger partial charge is 0.120 e. The van der Waals surface area contributed by atoms with Crippen LogP contribution in [0.2, 0.25) is 0 Å². The molecule has 22 heavy (non-hydrogen) atoms. The largest absolute Gasteiger partial charge is 0.380 e. The zero-order chi connectivity index (χ0) is 15.4. The summed E-state index contributed by atoms with van der Waals surface area (Å²) in [7, 11) is 0. The summed E-state index contributed by atoms with van der Waals surface area (Å²) in [6.07, 6.45) is 14.1. The molecule has 1 heterocycles. The number of aryl methyl sites for hydroxylation is 1. The molecule has 0 spiro atoms. The number of rotatable bonds is 6. The van der Waals surface area contributed by atoms with Crippen LogP contribution in [0.15, 0.2) is 48.8 Å². The Morgan fingerprint density at radius 2 is 2.00 bits per heavy atom. The van der Waals surface area contributed by atoms with Crippen LogP contribution in [-0.4, -0.2) is 9.67 Å². The minimum atomic E-state index is -0.889. The summed E-state index contributed by atoms with van der Waals surface area (Å²) in [5.74, 6) is 0. The monoisotopic (exact) mass is 295 g/mol. The molecular formula is C20H25NO. The number of hydrogen-bond acceptors (Lipinski definition) is 1. The maximum absolute atomic E-state index is 11.3. The summed E-state index contributed by atoms with van der Waals surface area (Å²) in [5, 5.41) is 11.3. The lowest BCUT2D eigenvalue weighted by atomic mass is 9.79. The van der Waals surface area contributed by atoms with Gasteiger partial charge in [0.1, 0.15) is 5.60 Å². The summed E-state index contributed by atoms with van der Waals surface area (Å²) in [4.78, 5) is 0.